The molecule has 0 aromatic heterocycles. The number of hydrogen-bond donors (Lipinski definition) is 2. The molecule has 0 unspecified atom stereocenters. The Morgan fingerprint density at radius 3 is 2.10 bits per heavy atom. The first-order chi connectivity index (χ1) is 18.7. The molecule has 0 saturated carbocycles. The number of nitro groups is 1. The molecule has 0 aliphatic carbocycles. The van der Waals surface area contributed by atoms with E-state index in [4.69, 9.17) is 4.74 Å². The maximum Gasteiger partial charge on any atom is 0.350 e. The molecule has 0 aliphatic heterocycles. The topological polar surface area (TPSA) is 131 Å². The monoisotopic (exact) mass is 545 g/mol. The molecule has 1 amide bonds. The lowest BCUT2D eigenvalue weighted by Gasteiger charge is -2.28. The summed E-state index contributed by atoms with van der Waals surface area (Å²) in [5.74, 6) is -0.574. The fraction of sp³-hybridized carbons (Fsp3) is 0.323. The van der Waals surface area contributed by atoms with Crippen LogP contribution in [0.25, 0.3) is 0 Å². The number of hydrogen-bond acceptors (Lipinski definition) is 7. The number of ether oxygens (including phenoxy) is 1. The lowest BCUT2D eigenvalue weighted by Crippen LogP contribution is -2.20. The number of phenolic OH excluding ortho intramolecular Hbond substituents is 1. The second-order valence-corrected chi connectivity index (χ2v) is 11.6. The van der Waals surface area contributed by atoms with Crippen LogP contribution >= 0.6 is 0 Å². The summed E-state index contributed by atoms with van der Waals surface area (Å²) in [4.78, 5) is 35.3. The Morgan fingerprint density at radius 1 is 0.975 bits per heavy atom. The van der Waals surface area contributed by atoms with Gasteiger partial charge in [0.1, 0.15) is 17.1 Å². The minimum atomic E-state index is -0.834. The summed E-state index contributed by atoms with van der Waals surface area (Å²) in [6, 6.07) is 15.8. The zero-order chi connectivity index (χ0) is 29.7. The number of carbonyl (C=O) groups is 2. The van der Waals surface area contributed by atoms with Crippen LogP contribution in [-0.4, -0.2) is 28.1 Å². The molecule has 3 rings (SSSR count). The van der Waals surface area contributed by atoms with Crippen molar-refractivity contribution in [3.05, 3.63) is 98.6 Å². The molecule has 0 spiro atoms. The zero-order valence-electron chi connectivity index (χ0n) is 23.6. The number of phenols is 1. The first-order valence-electron chi connectivity index (χ1n) is 12.9. The van der Waals surface area contributed by atoms with E-state index in [9.17, 15) is 24.8 Å². The smallest absolute Gasteiger partial charge is 0.350 e. The molecule has 210 valence electrons. The number of aryl methyl sites for hydroxylation is 1. The van der Waals surface area contributed by atoms with Crippen LogP contribution in [0.15, 0.2) is 65.8 Å². The van der Waals surface area contributed by atoms with Crippen LogP contribution < -0.4 is 10.2 Å². The molecular weight excluding hydrogens is 510 g/mol. The second kappa shape index (κ2) is 12.1. The van der Waals surface area contributed by atoms with Crippen LogP contribution in [0.4, 0.5) is 5.69 Å². The van der Waals surface area contributed by atoms with Crippen molar-refractivity contribution in [1.82, 2.24) is 5.43 Å². The summed E-state index contributed by atoms with van der Waals surface area (Å²) < 4.78 is 5.26. The van der Waals surface area contributed by atoms with Gasteiger partial charge in [0, 0.05) is 12.5 Å². The van der Waals surface area contributed by atoms with Gasteiger partial charge in [0.25, 0.3) is 5.69 Å². The van der Waals surface area contributed by atoms with Crippen molar-refractivity contribution in [2.75, 3.05) is 0 Å². The predicted octanol–water partition coefficient (Wildman–Crippen LogP) is 6.20. The van der Waals surface area contributed by atoms with Gasteiger partial charge >= 0.3 is 5.97 Å². The van der Waals surface area contributed by atoms with Crippen molar-refractivity contribution < 1.29 is 24.4 Å². The Kier molecular flexibility index (Phi) is 9.09. The van der Waals surface area contributed by atoms with Gasteiger partial charge in [-0.25, -0.2) is 10.2 Å². The van der Waals surface area contributed by atoms with Gasteiger partial charge in [-0.3, -0.25) is 14.9 Å². The van der Waals surface area contributed by atoms with Crippen molar-refractivity contribution in [2.45, 2.75) is 65.2 Å². The van der Waals surface area contributed by atoms with Crippen LogP contribution in [0.5, 0.6) is 11.5 Å². The Morgan fingerprint density at radius 2 is 1.55 bits per heavy atom. The van der Waals surface area contributed by atoms with Crippen LogP contribution in [-0.2, 0) is 22.0 Å². The van der Waals surface area contributed by atoms with Gasteiger partial charge < -0.3 is 9.84 Å². The fourth-order valence-corrected chi connectivity index (χ4v) is 4.06. The van der Waals surface area contributed by atoms with E-state index in [1.165, 1.54) is 42.6 Å². The average molecular weight is 546 g/mol. The molecule has 0 radical (unpaired) electrons. The fourth-order valence-electron chi connectivity index (χ4n) is 4.06. The normalized spacial score (nSPS) is 11.8. The molecule has 9 heteroatoms. The number of hydrazone groups is 1. The number of rotatable bonds is 8. The van der Waals surface area contributed by atoms with Crippen LogP contribution in [0, 0.1) is 10.1 Å². The molecule has 3 aromatic carbocycles. The van der Waals surface area contributed by atoms with Crippen molar-refractivity contribution in [2.24, 2.45) is 5.10 Å². The van der Waals surface area contributed by atoms with Gasteiger partial charge in [-0.15, -0.1) is 0 Å². The summed E-state index contributed by atoms with van der Waals surface area (Å²) in [7, 11) is 0. The Labute approximate surface area is 234 Å². The van der Waals surface area contributed by atoms with Gasteiger partial charge in [0.15, 0.2) is 0 Å². The number of nitrogens with one attached hydrogen (secondary N) is 1. The van der Waals surface area contributed by atoms with Crippen molar-refractivity contribution in [3.8, 4) is 11.5 Å². The first-order valence-corrected chi connectivity index (χ1v) is 12.9. The molecule has 3 aromatic rings. The summed E-state index contributed by atoms with van der Waals surface area (Å²) in [5.41, 5.74) is 4.87. The van der Waals surface area contributed by atoms with Crippen molar-refractivity contribution >= 4 is 23.8 Å². The summed E-state index contributed by atoms with van der Waals surface area (Å²) >= 11 is 0. The number of aromatic hydroxyl groups is 1. The van der Waals surface area contributed by atoms with Crippen LogP contribution in [0.3, 0.4) is 0 Å². The third kappa shape index (κ3) is 7.75. The average Bonchev–Trinajstić information content (AvgIpc) is 2.87. The van der Waals surface area contributed by atoms with Gasteiger partial charge in [0.2, 0.25) is 5.91 Å². The number of benzene rings is 3. The SMILES string of the molecule is CC(C)(C)c1cc(CCC(=O)N/N=C\c2ccc(OC(=O)c3ccccc3[N+](=O)[O-])cc2)cc(C(C)(C)C)c1O. The number of para-hydroxylation sites is 1. The number of carbonyl (C=O) groups excluding carboxylic acids is 2. The lowest BCUT2D eigenvalue weighted by molar-refractivity contribution is -0.385. The van der Waals surface area contributed by atoms with E-state index >= 15 is 0 Å². The highest BCUT2D eigenvalue weighted by Crippen LogP contribution is 2.40. The van der Waals surface area contributed by atoms with E-state index in [1.807, 2.05) is 53.7 Å². The lowest BCUT2D eigenvalue weighted by atomic mass is 9.78. The molecule has 9 nitrogen and oxygen atoms in total. The van der Waals surface area contributed by atoms with Crippen molar-refractivity contribution in [1.29, 1.82) is 0 Å². The highest BCUT2D eigenvalue weighted by atomic mass is 16.6. The minimum absolute atomic E-state index is 0.141. The maximum atomic E-state index is 12.4. The van der Waals surface area contributed by atoms with E-state index in [1.54, 1.807) is 12.1 Å². The van der Waals surface area contributed by atoms with E-state index in [-0.39, 0.29) is 40.2 Å². The first kappa shape index (κ1) is 30.0. The standard InChI is InChI=1S/C31H35N3O6/c1-30(2,3)24-17-21(18-25(28(24)36)31(4,5)6)13-16-27(35)33-32-19-20-11-14-22(15-12-20)40-29(37)23-9-7-8-10-26(23)34(38)39/h7-12,14-15,17-19,36H,13,16H2,1-6H3,(H,33,35)/b32-19-. The summed E-state index contributed by atoms with van der Waals surface area (Å²) in [6.07, 6.45) is 2.17. The molecule has 0 saturated heterocycles. The van der Waals surface area contributed by atoms with E-state index in [2.05, 4.69) is 10.5 Å². The highest BCUT2D eigenvalue weighted by molar-refractivity contribution is 5.95. The largest absolute Gasteiger partial charge is 0.507 e. The number of nitrogens with zero attached hydrogens (tertiary/aromatic N) is 2. The molecule has 0 atom stereocenters. The van der Waals surface area contributed by atoms with Crippen LogP contribution in [0.1, 0.15) is 80.6 Å². The van der Waals surface area contributed by atoms with Crippen LogP contribution in [0.2, 0.25) is 0 Å². The van der Waals surface area contributed by atoms with Crippen molar-refractivity contribution in [3.63, 3.8) is 0 Å². The molecule has 2 N–H and O–H groups in total. The molecular formula is C31H35N3O6. The van der Waals surface area contributed by atoms with Gasteiger partial charge in [-0.05, 0) is 69.8 Å². The third-order valence-corrected chi connectivity index (χ3v) is 6.24. The molecule has 40 heavy (non-hydrogen) atoms. The second-order valence-electron chi connectivity index (χ2n) is 11.6. The zero-order valence-corrected chi connectivity index (χ0v) is 23.6. The Hall–Kier alpha value is -4.53. The minimum Gasteiger partial charge on any atom is -0.507 e. The number of nitro benzene ring substituents is 1. The summed E-state index contributed by atoms with van der Waals surface area (Å²) in [6.45, 7) is 12.3. The Balaban J connectivity index is 1.59. The van der Waals surface area contributed by atoms with Gasteiger partial charge in [-0.1, -0.05) is 65.8 Å². The predicted molar refractivity (Wildman–Crippen MR) is 154 cm³/mol. The van der Waals surface area contributed by atoms with Gasteiger partial charge in [-0.2, -0.15) is 5.10 Å². The quantitative estimate of drug-likeness (QED) is 0.114. The van der Waals surface area contributed by atoms with E-state index < -0.39 is 10.9 Å². The number of esters is 1. The van der Waals surface area contributed by atoms with Gasteiger partial charge in [0.05, 0.1) is 11.1 Å². The molecule has 0 fully saturated rings. The summed E-state index contributed by atoms with van der Waals surface area (Å²) in [5, 5.41) is 26.0. The number of amides is 1. The maximum absolute atomic E-state index is 12.4. The third-order valence-electron chi connectivity index (χ3n) is 6.24. The molecule has 0 heterocycles. The molecule has 0 aliphatic rings. The highest BCUT2D eigenvalue weighted by Gasteiger charge is 2.26. The molecule has 0 bridgehead atoms. The Bertz CT molecular complexity index is 1400. The van der Waals surface area contributed by atoms with E-state index in [0.717, 1.165) is 16.7 Å². The van der Waals surface area contributed by atoms with E-state index in [0.29, 0.717) is 17.7 Å².